The molecule has 33 heavy (non-hydrogen) atoms. The van der Waals surface area contributed by atoms with E-state index in [1.165, 1.54) is 37.6 Å². The lowest BCUT2D eigenvalue weighted by Crippen LogP contribution is -2.19. The summed E-state index contributed by atoms with van der Waals surface area (Å²) >= 11 is 0. The van der Waals surface area contributed by atoms with Gasteiger partial charge in [0.05, 0.1) is 36.1 Å². The maximum atomic E-state index is 13.9. The fourth-order valence-electron chi connectivity index (χ4n) is 2.78. The normalized spacial score (nSPS) is 10.5. The number of aromatic carboxylic acids is 1. The predicted molar refractivity (Wildman–Crippen MR) is 117 cm³/mol. The van der Waals surface area contributed by atoms with Gasteiger partial charge >= 0.3 is 5.97 Å². The van der Waals surface area contributed by atoms with Crippen molar-refractivity contribution in [2.24, 2.45) is 5.10 Å². The molecule has 0 spiro atoms. The summed E-state index contributed by atoms with van der Waals surface area (Å²) in [6, 6.07) is 16.6. The Kier molecular flexibility index (Phi) is 7.34. The fourth-order valence-corrected chi connectivity index (χ4v) is 2.78. The number of hydrogen-bond acceptors (Lipinski definition) is 6. The average Bonchev–Trinajstić information content (AvgIpc) is 2.83. The molecule has 0 unspecified atom stereocenters. The summed E-state index contributed by atoms with van der Waals surface area (Å²) < 4.78 is 25.0. The first-order chi connectivity index (χ1) is 15.9. The van der Waals surface area contributed by atoms with Crippen LogP contribution in [0.5, 0.6) is 11.5 Å². The molecule has 3 aromatic carbocycles. The summed E-state index contributed by atoms with van der Waals surface area (Å²) in [4.78, 5) is 23.0. The van der Waals surface area contributed by atoms with Crippen LogP contribution in [-0.4, -0.2) is 30.3 Å². The van der Waals surface area contributed by atoms with Crippen LogP contribution in [0, 0.1) is 17.1 Å². The van der Waals surface area contributed by atoms with Crippen molar-refractivity contribution in [3.05, 3.63) is 94.3 Å². The number of nitrogens with one attached hydrogen (secondary N) is 1. The zero-order chi connectivity index (χ0) is 23.8. The topological polar surface area (TPSA) is 121 Å². The van der Waals surface area contributed by atoms with Crippen LogP contribution in [0.4, 0.5) is 4.39 Å². The van der Waals surface area contributed by atoms with Crippen LogP contribution >= 0.6 is 0 Å². The lowest BCUT2D eigenvalue weighted by molar-refractivity contribution is 0.0696. The Hall–Kier alpha value is -4.71. The number of benzene rings is 3. The third-order valence-corrected chi connectivity index (χ3v) is 4.51. The number of carboxylic acids is 1. The van der Waals surface area contributed by atoms with Crippen LogP contribution < -0.4 is 14.9 Å². The van der Waals surface area contributed by atoms with E-state index in [-0.39, 0.29) is 23.3 Å². The number of halogens is 1. The molecule has 0 fully saturated rings. The molecule has 0 bridgehead atoms. The first kappa shape index (κ1) is 23.0. The molecule has 9 heteroatoms. The Labute approximate surface area is 188 Å². The summed E-state index contributed by atoms with van der Waals surface area (Å²) in [7, 11) is 1.47. The third-order valence-electron chi connectivity index (χ3n) is 4.51. The highest BCUT2D eigenvalue weighted by atomic mass is 19.1. The number of amides is 1. The molecule has 8 nitrogen and oxygen atoms in total. The lowest BCUT2D eigenvalue weighted by atomic mass is 10.1. The van der Waals surface area contributed by atoms with E-state index in [0.29, 0.717) is 17.1 Å². The summed E-state index contributed by atoms with van der Waals surface area (Å²) in [5, 5.41) is 21.5. The highest BCUT2D eigenvalue weighted by Gasteiger charge is 2.12. The molecule has 0 saturated heterocycles. The van der Waals surface area contributed by atoms with E-state index in [4.69, 9.17) is 19.8 Å². The minimum atomic E-state index is -1.00. The minimum absolute atomic E-state index is 0.110. The van der Waals surface area contributed by atoms with Gasteiger partial charge in [-0.1, -0.05) is 12.1 Å². The van der Waals surface area contributed by atoms with Gasteiger partial charge in [-0.05, 0) is 59.7 Å². The first-order valence-corrected chi connectivity index (χ1v) is 9.57. The van der Waals surface area contributed by atoms with Crippen LogP contribution in [0.25, 0.3) is 0 Å². The molecule has 0 saturated carbocycles. The summed E-state index contributed by atoms with van der Waals surface area (Å²) in [5.74, 6) is -1.69. The number of nitriles is 1. The van der Waals surface area contributed by atoms with Crippen molar-refractivity contribution in [1.29, 1.82) is 5.26 Å². The monoisotopic (exact) mass is 447 g/mol. The SMILES string of the molecule is COc1cc(C=NNC(=O)c2ccc(C#N)cc2F)ccc1OCc1ccc(C(=O)O)cc1. The van der Waals surface area contributed by atoms with Crippen molar-refractivity contribution in [3.8, 4) is 17.6 Å². The smallest absolute Gasteiger partial charge is 0.335 e. The van der Waals surface area contributed by atoms with Crippen molar-refractivity contribution in [2.45, 2.75) is 6.61 Å². The van der Waals surface area contributed by atoms with Gasteiger partial charge in [0.1, 0.15) is 12.4 Å². The summed E-state index contributed by atoms with van der Waals surface area (Å²) in [6.45, 7) is 0.204. The second-order valence-electron chi connectivity index (χ2n) is 6.71. The van der Waals surface area contributed by atoms with Gasteiger partial charge in [-0.25, -0.2) is 14.6 Å². The van der Waals surface area contributed by atoms with Gasteiger partial charge in [-0.3, -0.25) is 4.79 Å². The summed E-state index contributed by atoms with van der Waals surface area (Å²) in [5.41, 5.74) is 3.67. The number of ether oxygens (including phenoxy) is 2. The number of carbonyl (C=O) groups is 2. The van der Waals surface area contributed by atoms with Gasteiger partial charge in [0.15, 0.2) is 11.5 Å². The average molecular weight is 447 g/mol. The van der Waals surface area contributed by atoms with Crippen LogP contribution in [0.3, 0.4) is 0 Å². The highest BCUT2D eigenvalue weighted by Crippen LogP contribution is 2.28. The largest absolute Gasteiger partial charge is 0.493 e. The summed E-state index contributed by atoms with van der Waals surface area (Å²) in [6.07, 6.45) is 1.36. The van der Waals surface area contributed by atoms with E-state index in [0.717, 1.165) is 11.6 Å². The van der Waals surface area contributed by atoms with Gasteiger partial charge in [0, 0.05) is 0 Å². The van der Waals surface area contributed by atoms with Gasteiger partial charge in [-0.15, -0.1) is 0 Å². The number of nitrogens with zero attached hydrogens (tertiary/aromatic N) is 2. The van der Waals surface area contributed by atoms with Gasteiger partial charge in [0.25, 0.3) is 5.91 Å². The molecular formula is C24H18FN3O5. The quantitative estimate of drug-likeness (QED) is 0.401. The van der Waals surface area contributed by atoms with E-state index < -0.39 is 17.7 Å². The second-order valence-corrected chi connectivity index (χ2v) is 6.71. The molecule has 0 aliphatic rings. The maximum absolute atomic E-state index is 13.9. The van der Waals surface area contributed by atoms with E-state index >= 15 is 0 Å². The number of rotatable bonds is 8. The number of hydrazone groups is 1. The van der Waals surface area contributed by atoms with Crippen molar-refractivity contribution < 1.29 is 28.6 Å². The van der Waals surface area contributed by atoms with E-state index in [9.17, 15) is 14.0 Å². The molecule has 3 aromatic rings. The number of hydrogen-bond donors (Lipinski definition) is 2. The minimum Gasteiger partial charge on any atom is -0.493 e. The number of carboxylic acid groups (broad SMARTS) is 1. The fraction of sp³-hybridized carbons (Fsp3) is 0.0833. The molecule has 3 rings (SSSR count). The second kappa shape index (κ2) is 10.5. The Bertz CT molecular complexity index is 1250. The molecule has 0 aliphatic carbocycles. The molecule has 0 aromatic heterocycles. The maximum Gasteiger partial charge on any atom is 0.335 e. The van der Waals surface area contributed by atoms with E-state index in [1.807, 2.05) is 0 Å². The van der Waals surface area contributed by atoms with Gasteiger partial charge in [-0.2, -0.15) is 10.4 Å². The predicted octanol–water partition coefficient (Wildman–Crippen LogP) is 3.75. The standard InChI is InChI=1S/C24H18FN3O5/c1-32-22-11-17(13-27-28-23(29)19-8-4-16(12-26)10-20(19)25)5-9-21(22)33-14-15-2-6-18(7-3-15)24(30)31/h2-11,13H,14H2,1H3,(H,28,29)(H,30,31). The van der Waals surface area contributed by atoms with E-state index in [1.54, 1.807) is 36.4 Å². The third kappa shape index (κ3) is 5.92. The van der Waals surface area contributed by atoms with Crippen LogP contribution in [0.2, 0.25) is 0 Å². The zero-order valence-corrected chi connectivity index (χ0v) is 17.4. The molecule has 1 amide bonds. The molecular weight excluding hydrogens is 429 g/mol. The molecule has 166 valence electrons. The van der Waals surface area contributed by atoms with Crippen LogP contribution in [0.1, 0.15) is 37.4 Å². The van der Waals surface area contributed by atoms with Crippen molar-refractivity contribution in [3.63, 3.8) is 0 Å². The Balaban J connectivity index is 1.63. The molecule has 0 aliphatic heterocycles. The molecule has 0 atom stereocenters. The Morgan fingerprint density at radius 1 is 1.12 bits per heavy atom. The van der Waals surface area contributed by atoms with Crippen molar-refractivity contribution in [1.82, 2.24) is 5.43 Å². The number of carbonyl (C=O) groups excluding carboxylic acids is 1. The van der Waals surface area contributed by atoms with E-state index in [2.05, 4.69) is 10.5 Å². The van der Waals surface area contributed by atoms with Crippen LogP contribution in [0.15, 0.2) is 65.8 Å². The van der Waals surface area contributed by atoms with Gasteiger partial charge in [0.2, 0.25) is 0 Å². The number of methoxy groups -OCH3 is 1. The molecule has 2 N–H and O–H groups in total. The lowest BCUT2D eigenvalue weighted by Gasteiger charge is -2.11. The highest BCUT2D eigenvalue weighted by molar-refractivity contribution is 5.95. The Morgan fingerprint density at radius 2 is 1.88 bits per heavy atom. The molecule has 0 radical (unpaired) electrons. The first-order valence-electron chi connectivity index (χ1n) is 9.57. The van der Waals surface area contributed by atoms with Crippen LogP contribution in [-0.2, 0) is 6.61 Å². The molecule has 0 heterocycles. The van der Waals surface area contributed by atoms with Crippen molar-refractivity contribution in [2.75, 3.05) is 7.11 Å². The Morgan fingerprint density at radius 3 is 2.52 bits per heavy atom. The zero-order valence-electron chi connectivity index (χ0n) is 17.4. The van der Waals surface area contributed by atoms with Gasteiger partial charge < -0.3 is 14.6 Å². The van der Waals surface area contributed by atoms with Crippen molar-refractivity contribution >= 4 is 18.1 Å².